The molecule has 5 heteroatoms. The summed E-state index contributed by atoms with van der Waals surface area (Å²) in [4.78, 5) is 17.4. The molecule has 0 spiro atoms. The number of nitrogens with one attached hydrogen (secondary N) is 1. The van der Waals surface area contributed by atoms with Gasteiger partial charge < -0.3 is 14.6 Å². The van der Waals surface area contributed by atoms with Crippen molar-refractivity contribution < 1.29 is 9.53 Å². The Balaban J connectivity index is 1.89. The molecule has 28 heavy (non-hydrogen) atoms. The maximum atomic E-state index is 12.9. The molecule has 0 aliphatic heterocycles. The molecule has 1 N–H and O–H groups in total. The molecule has 3 aromatic rings. The molecule has 1 atom stereocenters. The molecule has 0 saturated heterocycles. The van der Waals surface area contributed by atoms with E-state index in [0.717, 1.165) is 17.1 Å². The van der Waals surface area contributed by atoms with E-state index in [-0.39, 0.29) is 17.4 Å². The van der Waals surface area contributed by atoms with Crippen LogP contribution in [0.15, 0.2) is 60.9 Å². The van der Waals surface area contributed by atoms with Gasteiger partial charge in [-0.1, -0.05) is 45.0 Å². The van der Waals surface area contributed by atoms with E-state index in [2.05, 4.69) is 31.1 Å². The van der Waals surface area contributed by atoms with Crippen molar-refractivity contribution in [2.75, 3.05) is 7.11 Å². The van der Waals surface area contributed by atoms with Gasteiger partial charge in [0, 0.05) is 25.0 Å². The van der Waals surface area contributed by atoms with Crippen molar-refractivity contribution in [3.05, 3.63) is 83.4 Å². The molecule has 0 aliphatic rings. The molecule has 0 saturated carbocycles. The van der Waals surface area contributed by atoms with E-state index >= 15 is 0 Å². The number of nitrogens with zero attached hydrogens (tertiary/aromatic N) is 2. The zero-order valence-corrected chi connectivity index (χ0v) is 17.1. The Morgan fingerprint density at radius 1 is 1.07 bits per heavy atom. The van der Waals surface area contributed by atoms with Crippen LogP contribution in [0.5, 0.6) is 5.75 Å². The van der Waals surface area contributed by atoms with Gasteiger partial charge in [-0.3, -0.25) is 4.79 Å². The fourth-order valence-electron chi connectivity index (χ4n) is 3.08. The number of hydrogen-bond donors (Lipinski definition) is 1. The molecular formula is C23H27N3O2. The second-order valence-corrected chi connectivity index (χ2v) is 7.90. The Labute approximate surface area is 166 Å². The maximum Gasteiger partial charge on any atom is 0.252 e. The van der Waals surface area contributed by atoms with Gasteiger partial charge in [0.05, 0.1) is 7.11 Å². The van der Waals surface area contributed by atoms with Gasteiger partial charge in [-0.15, -0.1) is 0 Å². The quantitative estimate of drug-likeness (QED) is 0.723. The van der Waals surface area contributed by atoms with Gasteiger partial charge in [0.1, 0.15) is 17.6 Å². The number of amides is 1. The number of carbonyl (C=O) groups excluding carboxylic acids is 1. The Bertz CT molecular complexity index is 935. The Morgan fingerprint density at radius 3 is 2.21 bits per heavy atom. The highest BCUT2D eigenvalue weighted by Gasteiger charge is 2.22. The van der Waals surface area contributed by atoms with Crippen molar-refractivity contribution in [2.24, 2.45) is 7.05 Å². The first-order valence-corrected chi connectivity index (χ1v) is 9.32. The first-order valence-electron chi connectivity index (χ1n) is 9.32. The van der Waals surface area contributed by atoms with E-state index < -0.39 is 0 Å². The van der Waals surface area contributed by atoms with Crippen molar-refractivity contribution in [2.45, 2.75) is 32.2 Å². The summed E-state index contributed by atoms with van der Waals surface area (Å²) in [6.45, 7) is 6.47. The smallest absolute Gasteiger partial charge is 0.252 e. The number of carbonyl (C=O) groups is 1. The van der Waals surface area contributed by atoms with Gasteiger partial charge in [0.15, 0.2) is 0 Å². The fourth-order valence-corrected chi connectivity index (χ4v) is 3.08. The number of aryl methyl sites for hydroxylation is 1. The molecule has 146 valence electrons. The molecule has 0 aliphatic carbocycles. The minimum Gasteiger partial charge on any atom is -0.497 e. The highest BCUT2D eigenvalue weighted by atomic mass is 16.5. The average Bonchev–Trinajstić information content (AvgIpc) is 3.11. The molecule has 1 aromatic heterocycles. The molecule has 1 unspecified atom stereocenters. The van der Waals surface area contributed by atoms with E-state index in [9.17, 15) is 4.79 Å². The summed E-state index contributed by atoms with van der Waals surface area (Å²) >= 11 is 0. The number of rotatable bonds is 5. The summed E-state index contributed by atoms with van der Waals surface area (Å²) in [5, 5.41) is 3.13. The van der Waals surface area contributed by atoms with Crippen molar-refractivity contribution in [3.63, 3.8) is 0 Å². The number of benzene rings is 2. The second kappa shape index (κ2) is 7.89. The van der Waals surface area contributed by atoms with Gasteiger partial charge in [0.25, 0.3) is 5.91 Å². The van der Waals surface area contributed by atoms with Gasteiger partial charge in [-0.05, 0) is 40.8 Å². The monoisotopic (exact) mass is 377 g/mol. The lowest BCUT2D eigenvalue weighted by Gasteiger charge is -2.21. The van der Waals surface area contributed by atoms with Crippen LogP contribution in [0.3, 0.4) is 0 Å². The van der Waals surface area contributed by atoms with Crippen LogP contribution in [0, 0.1) is 0 Å². The molecular weight excluding hydrogens is 350 g/mol. The summed E-state index contributed by atoms with van der Waals surface area (Å²) in [7, 11) is 3.55. The van der Waals surface area contributed by atoms with Crippen molar-refractivity contribution in [1.82, 2.24) is 14.9 Å². The third-order valence-electron chi connectivity index (χ3n) is 4.85. The predicted octanol–water partition coefficient (Wildman–Crippen LogP) is 4.25. The van der Waals surface area contributed by atoms with Crippen LogP contribution in [0.25, 0.3) is 0 Å². The minimum atomic E-state index is -0.360. The van der Waals surface area contributed by atoms with Crippen LogP contribution >= 0.6 is 0 Å². The third kappa shape index (κ3) is 4.25. The number of hydrogen-bond acceptors (Lipinski definition) is 3. The second-order valence-electron chi connectivity index (χ2n) is 7.90. The summed E-state index contributed by atoms with van der Waals surface area (Å²) in [5.74, 6) is 1.40. The van der Waals surface area contributed by atoms with Crippen LogP contribution in [0.2, 0.25) is 0 Å². The van der Waals surface area contributed by atoms with E-state index in [4.69, 9.17) is 4.74 Å². The zero-order chi connectivity index (χ0) is 20.3. The van der Waals surface area contributed by atoms with Crippen LogP contribution < -0.4 is 10.1 Å². The highest BCUT2D eigenvalue weighted by molar-refractivity contribution is 5.94. The first kappa shape index (κ1) is 19.7. The summed E-state index contributed by atoms with van der Waals surface area (Å²) in [6.07, 6.45) is 3.60. The minimum absolute atomic E-state index is 0.0492. The summed E-state index contributed by atoms with van der Waals surface area (Å²) in [5.41, 5.74) is 2.81. The Hall–Kier alpha value is -3.08. The fraction of sp³-hybridized carbons (Fsp3) is 0.304. The number of methoxy groups -OCH3 is 1. The normalized spacial score (nSPS) is 12.5. The van der Waals surface area contributed by atoms with Crippen LogP contribution in [-0.4, -0.2) is 22.6 Å². The molecule has 0 bridgehead atoms. The molecule has 0 fully saturated rings. The molecule has 3 rings (SSSR count). The molecule has 0 radical (unpaired) electrons. The van der Waals surface area contributed by atoms with Gasteiger partial charge in [-0.2, -0.15) is 0 Å². The van der Waals surface area contributed by atoms with E-state index in [0.29, 0.717) is 5.56 Å². The van der Waals surface area contributed by atoms with E-state index in [1.165, 1.54) is 5.56 Å². The van der Waals surface area contributed by atoms with Gasteiger partial charge in [-0.25, -0.2) is 4.98 Å². The average molecular weight is 377 g/mol. The van der Waals surface area contributed by atoms with Crippen molar-refractivity contribution >= 4 is 5.91 Å². The van der Waals surface area contributed by atoms with Crippen LogP contribution in [0.1, 0.15) is 54.1 Å². The predicted molar refractivity (Wildman–Crippen MR) is 111 cm³/mol. The largest absolute Gasteiger partial charge is 0.497 e. The lowest BCUT2D eigenvalue weighted by Crippen LogP contribution is -2.31. The van der Waals surface area contributed by atoms with Gasteiger partial charge in [0.2, 0.25) is 0 Å². The lowest BCUT2D eigenvalue weighted by molar-refractivity contribution is 0.0941. The standard InChI is InChI=1S/C23H27N3O2/c1-23(2,3)18-10-6-17(7-11-18)22(27)25-20(21-24-14-15-26(21)4)16-8-12-19(28-5)13-9-16/h6-15,20H,1-5H3,(H,25,27). The zero-order valence-electron chi connectivity index (χ0n) is 17.1. The third-order valence-corrected chi connectivity index (χ3v) is 4.85. The first-order chi connectivity index (χ1) is 13.3. The topological polar surface area (TPSA) is 56.1 Å². The Morgan fingerprint density at radius 2 is 1.71 bits per heavy atom. The lowest BCUT2D eigenvalue weighted by atomic mass is 9.86. The van der Waals surface area contributed by atoms with Crippen LogP contribution in [0.4, 0.5) is 0 Å². The summed E-state index contributed by atoms with van der Waals surface area (Å²) < 4.78 is 7.16. The van der Waals surface area contributed by atoms with Crippen molar-refractivity contribution in [3.8, 4) is 5.75 Å². The molecule has 2 aromatic carbocycles. The number of aromatic nitrogens is 2. The molecule has 1 amide bonds. The van der Waals surface area contributed by atoms with Gasteiger partial charge >= 0.3 is 0 Å². The molecule has 1 heterocycles. The van der Waals surface area contributed by atoms with E-state index in [1.807, 2.05) is 66.3 Å². The van der Waals surface area contributed by atoms with Crippen molar-refractivity contribution in [1.29, 1.82) is 0 Å². The number of imidazole rings is 1. The molecule has 5 nitrogen and oxygen atoms in total. The maximum absolute atomic E-state index is 12.9. The highest BCUT2D eigenvalue weighted by Crippen LogP contribution is 2.25. The van der Waals surface area contributed by atoms with E-state index in [1.54, 1.807) is 13.3 Å². The Kier molecular flexibility index (Phi) is 5.54. The summed E-state index contributed by atoms with van der Waals surface area (Å²) in [6, 6.07) is 15.1. The van der Waals surface area contributed by atoms with Crippen LogP contribution in [-0.2, 0) is 12.5 Å². The number of ether oxygens (including phenoxy) is 1. The SMILES string of the molecule is COc1ccc(C(NC(=O)c2ccc(C(C)(C)C)cc2)c2nccn2C)cc1.